The molecule has 16 heavy (non-hydrogen) atoms. The second kappa shape index (κ2) is 4.14. The van der Waals surface area contributed by atoms with Crippen molar-refractivity contribution >= 4 is 17.6 Å². The summed E-state index contributed by atoms with van der Waals surface area (Å²) >= 11 is 5.94. The predicted octanol–water partition coefficient (Wildman–Crippen LogP) is 2.03. The number of halogens is 1. The molecular weight excluding hydrogens is 230 g/mol. The molecule has 0 bridgehead atoms. The van der Waals surface area contributed by atoms with Gasteiger partial charge in [0.25, 0.3) is 0 Å². The van der Waals surface area contributed by atoms with Crippen molar-refractivity contribution in [2.45, 2.75) is 31.7 Å². The van der Waals surface area contributed by atoms with Crippen molar-refractivity contribution in [2.75, 3.05) is 0 Å². The molecule has 0 spiro atoms. The number of nitrogens with zero attached hydrogens (tertiary/aromatic N) is 3. The lowest BCUT2D eigenvalue weighted by Crippen LogP contribution is -2.01. The zero-order valence-corrected chi connectivity index (χ0v) is 9.24. The number of carbonyl (C=O) groups is 1. The van der Waals surface area contributed by atoms with Crippen LogP contribution in [0.1, 0.15) is 41.2 Å². The van der Waals surface area contributed by atoms with Gasteiger partial charge in [-0.25, -0.2) is 4.79 Å². The van der Waals surface area contributed by atoms with E-state index in [4.69, 9.17) is 22.0 Å². The molecule has 0 aromatic carbocycles. The average Bonchev–Trinajstić information content (AvgIpc) is 3.01. The number of hydrogen-bond donors (Lipinski definition) is 1. The number of carboxylic acids is 1. The Hall–Kier alpha value is -1.54. The second-order valence-corrected chi connectivity index (χ2v) is 4.12. The number of nitriles is 1. The summed E-state index contributed by atoms with van der Waals surface area (Å²) in [6, 6.07) is 1.98. The van der Waals surface area contributed by atoms with Gasteiger partial charge in [-0.1, -0.05) is 11.6 Å². The molecule has 0 saturated heterocycles. The zero-order chi connectivity index (χ0) is 11.7. The minimum Gasteiger partial charge on any atom is -0.478 e. The Labute approximate surface area is 97.2 Å². The monoisotopic (exact) mass is 239 g/mol. The van der Waals surface area contributed by atoms with Gasteiger partial charge in [0, 0.05) is 5.92 Å². The standard InChI is InChI=1S/C10H10ClN3O2/c11-9-7(10(15)16)8(6-2-3-6)13-14(9)5-1-4-12/h6H,1-3,5H2,(H,15,16). The fourth-order valence-corrected chi connectivity index (χ4v) is 1.90. The Balaban J connectivity index is 2.37. The molecule has 0 radical (unpaired) electrons. The van der Waals surface area contributed by atoms with Crippen LogP contribution in [0.3, 0.4) is 0 Å². The lowest BCUT2D eigenvalue weighted by atomic mass is 10.2. The van der Waals surface area contributed by atoms with Crippen molar-refractivity contribution in [2.24, 2.45) is 0 Å². The molecule has 5 nitrogen and oxygen atoms in total. The number of rotatable bonds is 4. The van der Waals surface area contributed by atoms with Crippen LogP contribution in [0.4, 0.5) is 0 Å². The normalized spacial score (nSPS) is 14.8. The molecule has 1 aliphatic carbocycles. The van der Waals surface area contributed by atoms with Crippen molar-refractivity contribution < 1.29 is 9.90 Å². The summed E-state index contributed by atoms with van der Waals surface area (Å²) < 4.78 is 1.40. The van der Waals surface area contributed by atoms with Gasteiger partial charge in [-0.2, -0.15) is 10.4 Å². The third kappa shape index (κ3) is 1.89. The van der Waals surface area contributed by atoms with Gasteiger partial charge < -0.3 is 5.11 Å². The van der Waals surface area contributed by atoms with E-state index in [1.54, 1.807) is 0 Å². The van der Waals surface area contributed by atoms with Crippen molar-refractivity contribution in [3.05, 3.63) is 16.4 Å². The summed E-state index contributed by atoms with van der Waals surface area (Å²) in [5, 5.41) is 21.8. The molecule has 1 aromatic heterocycles. The first-order valence-electron chi connectivity index (χ1n) is 5.01. The smallest absolute Gasteiger partial charge is 0.340 e. The highest BCUT2D eigenvalue weighted by atomic mass is 35.5. The minimum absolute atomic E-state index is 0.0992. The molecule has 0 aliphatic heterocycles. The average molecular weight is 240 g/mol. The van der Waals surface area contributed by atoms with E-state index in [1.165, 1.54) is 4.68 Å². The number of aromatic nitrogens is 2. The summed E-state index contributed by atoms with van der Waals surface area (Å²) in [4.78, 5) is 11.1. The van der Waals surface area contributed by atoms with Gasteiger partial charge in [0.2, 0.25) is 0 Å². The Morgan fingerprint density at radius 1 is 1.69 bits per heavy atom. The number of aryl methyl sites for hydroxylation is 1. The van der Waals surface area contributed by atoms with E-state index in [1.807, 2.05) is 6.07 Å². The van der Waals surface area contributed by atoms with E-state index in [2.05, 4.69) is 5.10 Å². The fraction of sp³-hybridized carbons (Fsp3) is 0.500. The molecule has 1 aromatic rings. The Bertz CT molecular complexity index is 471. The van der Waals surface area contributed by atoms with E-state index in [0.29, 0.717) is 12.2 Å². The SMILES string of the molecule is N#CCCn1nc(C2CC2)c(C(=O)O)c1Cl. The molecule has 2 rings (SSSR count). The largest absolute Gasteiger partial charge is 0.478 e. The summed E-state index contributed by atoms with van der Waals surface area (Å²) in [5.41, 5.74) is 0.664. The Kier molecular flexibility index (Phi) is 2.84. The van der Waals surface area contributed by atoms with Crippen molar-refractivity contribution in [1.82, 2.24) is 9.78 Å². The van der Waals surface area contributed by atoms with Crippen LogP contribution in [-0.4, -0.2) is 20.9 Å². The fourth-order valence-electron chi connectivity index (χ4n) is 1.60. The second-order valence-electron chi connectivity index (χ2n) is 3.76. The van der Waals surface area contributed by atoms with E-state index >= 15 is 0 Å². The highest BCUT2D eigenvalue weighted by Gasteiger charge is 2.33. The van der Waals surface area contributed by atoms with E-state index in [-0.39, 0.29) is 23.1 Å². The Morgan fingerprint density at radius 2 is 2.38 bits per heavy atom. The molecule has 1 N–H and O–H groups in total. The van der Waals surface area contributed by atoms with Crippen molar-refractivity contribution in [3.63, 3.8) is 0 Å². The van der Waals surface area contributed by atoms with Crippen LogP contribution in [-0.2, 0) is 6.54 Å². The van der Waals surface area contributed by atoms with Crippen LogP contribution in [0.15, 0.2) is 0 Å². The van der Waals surface area contributed by atoms with Gasteiger partial charge in [0.05, 0.1) is 24.7 Å². The van der Waals surface area contributed by atoms with Crippen LogP contribution >= 0.6 is 11.6 Å². The highest BCUT2D eigenvalue weighted by molar-refractivity contribution is 6.32. The number of hydrogen-bond acceptors (Lipinski definition) is 3. The van der Waals surface area contributed by atoms with Crippen LogP contribution in [0.2, 0.25) is 5.15 Å². The lowest BCUT2D eigenvalue weighted by Gasteiger charge is -1.97. The van der Waals surface area contributed by atoms with Crippen molar-refractivity contribution in [3.8, 4) is 6.07 Å². The number of carboxylic acid groups (broad SMARTS) is 1. The zero-order valence-electron chi connectivity index (χ0n) is 8.48. The van der Waals surface area contributed by atoms with Crippen molar-refractivity contribution in [1.29, 1.82) is 5.26 Å². The van der Waals surface area contributed by atoms with Crippen LogP contribution in [0.25, 0.3) is 0 Å². The first-order chi connectivity index (χ1) is 7.65. The van der Waals surface area contributed by atoms with Gasteiger partial charge in [-0.3, -0.25) is 4.68 Å². The molecular formula is C10H10ClN3O2. The topological polar surface area (TPSA) is 78.9 Å². The van der Waals surface area contributed by atoms with E-state index in [9.17, 15) is 4.79 Å². The maximum Gasteiger partial charge on any atom is 0.340 e. The first-order valence-corrected chi connectivity index (χ1v) is 5.39. The molecule has 6 heteroatoms. The third-order valence-electron chi connectivity index (χ3n) is 2.53. The summed E-state index contributed by atoms with van der Waals surface area (Å²) in [6.07, 6.45) is 2.20. The maximum absolute atomic E-state index is 11.1. The molecule has 1 saturated carbocycles. The summed E-state index contributed by atoms with van der Waals surface area (Å²) in [6.45, 7) is 0.336. The van der Waals surface area contributed by atoms with Crippen LogP contribution < -0.4 is 0 Å². The van der Waals surface area contributed by atoms with Crippen LogP contribution in [0.5, 0.6) is 0 Å². The molecule has 0 unspecified atom stereocenters. The van der Waals surface area contributed by atoms with Gasteiger partial charge in [-0.15, -0.1) is 0 Å². The molecule has 1 aliphatic rings. The molecule has 84 valence electrons. The minimum atomic E-state index is -1.05. The Morgan fingerprint density at radius 3 is 2.88 bits per heavy atom. The molecule has 1 heterocycles. The van der Waals surface area contributed by atoms with Gasteiger partial charge in [0.15, 0.2) is 0 Å². The summed E-state index contributed by atoms with van der Waals surface area (Å²) in [7, 11) is 0. The summed E-state index contributed by atoms with van der Waals surface area (Å²) in [5.74, 6) is -0.818. The van der Waals surface area contributed by atoms with E-state index < -0.39 is 5.97 Å². The van der Waals surface area contributed by atoms with Gasteiger partial charge in [0.1, 0.15) is 10.7 Å². The first kappa shape index (κ1) is 11.0. The molecule has 1 fully saturated rings. The maximum atomic E-state index is 11.1. The molecule has 0 amide bonds. The lowest BCUT2D eigenvalue weighted by molar-refractivity contribution is 0.0695. The molecule has 0 atom stereocenters. The van der Waals surface area contributed by atoms with E-state index in [0.717, 1.165) is 12.8 Å². The number of aromatic carboxylic acids is 1. The highest BCUT2D eigenvalue weighted by Crippen LogP contribution is 2.42. The van der Waals surface area contributed by atoms with Gasteiger partial charge in [-0.05, 0) is 12.8 Å². The quantitative estimate of drug-likeness (QED) is 0.872. The third-order valence-corrected chi connectivity index (χ3v) is 2.91. The van der Waals surface area contributed by atoms with Gasteiger partial charge >= 0.3 is 5.97 Å². The predicted molar refractivity (Wildman–Crippen MR) is 56.4 cm³/mol. The van der Waals surface area contributed by atoms with Crippen LogP contribution in [0, 0.1) is 11.3 Å².